The van der Waals surface area contributed by atoms with Gasteiger partial charge in [-0.2, -0.15) is 0 Å². The first-order valence-electron chi connectivity index (χ1n) is 6.44. The highest BCUT2D eigenvalue weighted by atomic mass is 16.5. The smallest absolute Gasteiger partial charge is 0.320 e. The summed E-state index contributed by atoms with van der Waals surface area (Å²) in [6.45, 7) is 5.09. The van der Waals surface area contributed by atoms with Crippen LogP contribution in [0.25, 0.3) is 0 Å². The Bertz CT molecular complexity index is 314. The number of piperidine rings is 1. The predicted octanol–water partition coefficient (Wildman–Crippen LogP) is 1.51. The highest BCUT2D eigenvalue weighted by Crippen LogP contribution is 2.25. The standard InChI is InChI=1S/C13H23NO4/c1-13(2,12(17)18-3)7-9-14-8-5-4-6-10(14)11(15)16/h10H,4-9H2,1-3H3,(H,15,16). The largest absolute Gasteiger partial charge is 0.480 e. The van der Waals surface area contributed by atoms with E-state index in [2.05, 4.69) is 0 Å². The quantitative estimate of drug-likeness (QED) is 0.756. The molecule has 0 radical (unpaired) electrons. The van der Waals surface area contributed by atoms with Crippen molar-refractivity contribution in [2.45, 2.75) is 45.6 Å². The first-order chi connectivity index (χ1) is 8.38. The summed E-state index contributed by atoms with van der Waals surface area (Å²) in [7, 11) is 1.38. The van der Waals surface area contributed by atoms with Crippen molar-refractivity contribution in [1.29, 1.82) is 0 Å². The number of carboxylic acids is 1. The van der Waals surface area contributed by atoms with Gasteiger partial charge in [0, 0.05) is 6.54 Å². The number of carboxylic acid groups (broad SMARTS) is 1. The van der Waals surface area contributed by atoms with Gasteiger partial charge in [-0.1, -0.05) is 6.42 Å². The summed E-state index contributed by atoms with van der Waals surface area (Å²) in [6, 6.07) is -0.396. The monoisotopic (exact) mass is 257 g/mol. The fourth-order valence-electron chi connectivity index (χ4n) is 2.34. The molecule has 0 aliphatic carbocycles. The molecule has 1 atom stereocenters. The van der Waals surface area contributed by atoms with Crippen molar-refractivity contribution in [3.05, 3.63) is 0 Å². The van der Waals surface area contributed by atoms with Crippen LogP contribution in [0.4, 0.5) is 0 Å². The summed E-state index contributed by atoms with van der Waals surface area (Å²) >= 11 is 0. The number of methoxy groups -OCH3 is 1. The molecule has 0 saturated carbocycles. The zero-order valence-electron chi connectivity index (χ0n) is 11.4. The van der Waals surface area contributed by atoms with E-state index in [1.807, 2.05) is 18.7 Å². The number of hydrogen-bond donors (Lipinski definition) is 1. The lowest BCUT2D eigenvalue weighted by Gasteiger charge is -2.34. The van der Waals surface area contributed by atoms with Gasteiger partial charge in [0.1, 0.15) is 6.04 Å². The number of aliphatic carboxylic acids is 1. The van der Waals surface area contributed by atoms with Crippen LogP contribution in [0, 0.1) is 5.41 Å². The molecule has 0 bridgehead atoms. The number of rotatable bonds is 5. The van der Waals surface area contributed by atoms with Crippen molar-refractivity contribution in [3.8, 4) is 0 Å². The summed E-state index contributed by atoms with van der Waals surface area (Å²) in [5, 5.41) is 9.16. The second kappa shape index (κ2) is 6.18. The Kier molecular flexibility index (Phi) is 5.14. The third-order valence-corrected chi connectivity index (χ3v) is 3.66. The SMILES string of the molecule is COC(=O)C(C)(C)CCN1CCCCC1C(=O)O. The van der Waals surface area contributed by atoms with E-state index >= 15 is 0 Å². The van der Waals surface area contributed by atoms with Crippen LogP contribution < -0.4 is 0 Å². The molecular weight excluding hydrogens is 234 g/mol. The van der Waals surface area contributed by atoms with E-state index in [-0.39, 0.29) is 5.97 Å². The molecule has 5 nitrogen and oxygen atoms in total. The van der Waals surface area contributed by atoms with Crippen molar-refractivity contribution in [1.82, 2.24) is 4.90 Å². The third kappa shape index (κ3) is 3.70. The van der Waals surface area contributed by atoms with Gasteiger partial charge < -0.3 is 9.84 Å². The highest BCUT2D eigenvalue weighted by molar-refractivity contribution is 5.75. The lowest BCUT2D eigenvalue weighted by atomic mass is 9.88. The number of carbonyl (C=O) groups is 2. The van der Waals surface area contributed by atoms with E-state index in [0.717, 1.165) is 19.4 Å². The summed E-state index contributed by atoms with van der Waals surface area (Å²) in [5.41, 5.74) is -0.560. The molecule has 0 aromatic carbocycles. The number of ether oxygens (including phenoxy) is 1. The molecule has 1 aliphatic rings. The Hall–Kier alpha value is -1.10. The molecular formula is C13H23NO4. The van der Waals surface area contributed by atoms with Crippen LogP contribution in [0.5, 0.6) is 0 Å². The number of nitrogens with zero attached hydrogens (tertiary/aromatic N) is 1. The van der Waals surface area contributed by atoms with Gasteiger partial charge in [-0.05, 0) is 39.7 Å². The zero-order chi connectivity index (χ0) is 13.8. The molecule has 104 valence electrons. The molecule has 1 rings (SSSR count). The summed E-state index contributed by atoms with van der Waals surface area (Å²) in [5.74, 6) is -1.00. The van der Waals surface area contributed by atoms with E-state index in [4.69, 9.17) is 9.84 Å². The molecule has 1 saturated heterocycles. The molecule has 1 N–H and O–H groups in total. The van der Waals surface area contributed by atoms with E-state index in [0.29, 0.717) is 19.4 Å². The van der Waals surface area contributed by atoms with Crippen LogP contribution >= 0.6 is 0 Å². The van der Waals surface area contributed by atoms with Crippen LogP contribution in [0.2, 0.25) is 0 Å². The lowest BCUT2D eigenvalue weighted by molar-refractivity contribution is -0.151. The second-order valence-corrected chi connectivity index (χ2v) is 5.51. The molecule has 0 aromatic rings. The number of likely N-dealkylation sites (tertiary alicyclic amines) is 1. The summed E-state index contributed by atoms with van der Waals surface area (Å²) in [6.07, 6.45) is 3.31. The van der Waals surface area contributed by atoms with Crippen molar-refractivity contribution < 1.29 is 19.4 Å². The molecule has 1 aliphatic heterocycles. The summed E-state index contributed by atoms with van der Waals surface area (Å²) < 4.78 is 4.76. The molecule has 1 unspecified atom stereocenters. The van der Waals surface area contributed by atoms with Crippen LogP contribution in [0.3, 0.4) is 0 Å². The first-order valence-corrected chi connectivity index (χ1v) is 6.44. The van der Waals surface area contributed by atoms with Crippen LogP contribution in [0.1, 0.15) is 39.5 Å². The normalized spacial score (nSPS) is 21.6. The van der Waals surface area contributed by atoms with Gasteiger partial charge >= 0.3 is 11.9 Å². The fourth-order valence-corrected chi connectivity index (χ4v) is 2.34. The van der Waals surface area contributed by atoms with Gasteiger partial charge in [-0.15, -0.1) is 0 Å². The van der Waals surface area contributed by atoms with Crippen molar-refractivity contribution in [3.63, 3.8) is 0 Å². The molecule has 0 spiro atoms. The van der Waals surface area contributed by atoms with Crippen LogP contribution in [-0.4, -0.2) is 48.2 Å². The van der Waals surface area contributed by atoms with Gasteiger partial charge in [0.15, 0.2) is 0 Å². The van der Waals surface area contributed by atoms with Crippen LogP contribution in [-0.2, 0) is 14.3 Å². The second-order valence-electron chi connectivity index (χ2n) is 5.51. The maximum Gasteiger partial charge on any atom is 0.320 e. The Balaban J connectivity index is 2.55. The minimum Gasteiger partial charge on any atom is -0.480 e. The zero-order valence-corrected chi connectivity index (χ0v) is 11.4. The Morgan fingerprint density at radius 2 is 2.06 bits per heavy atom. The van der Waals surface area contributed by atoms with Gasteiger partial charge in [0.05, 0.1) is 12.5 Å². The molecule has 1 fully saturated rings. The molecule has 1 heterocycles. The van der Waals surface area contributed by atoms with Gasteiger partial charge in [0.2, 0.25) is 0 Å². The number of hydrogen-bond acceptors (Lipinski definition) is 4. The van der Waals surface area contributed by atoms with Crippen LogP contribution in [0.15, 0.2) is 0 Å². The van der Waals surface area contributed by atoms with Gasteiger partial charge in [-0.25, -0.2) is 0 Å². The maximum absolute atomic E-state index is 11.6. The maximum atomic E-state index is 11.6. The van der Waals surface area contributed by atoms with Gasteiger partial charge in [-0.3, -0.25) is 14.5 Å². The van der Waals surface area contributed by atoms with Gasteiger partial charge in [0.25, 0.3) is 0 Å². The Morgan fingerprint density at radius 1 is 1.39 bits per heavy atom. The molecule has 0 amide bonds. The topological polar surface area (TPSA) is 66.8 Å². The molecule has 5 heteroatoms. The predicted molar refractivity (Wildman–Crippen MR) is 67.3 cm³/mol. The fraction of sp³-hybridized carbons (Fsp3) is 0.846. The van der Waals surface area contributed by atoms with E-state index in [1.165, 1.54) is 7.11 Å². The average molecular weight is 257 g/mol. The molecule has 0 aromatic heterocycles. The van der Waals surface area contributed by atoms with Crippen molar-refractivity contribution in [2.75, 3.05) is 20.2 Å². The Morgan fingerprint density at radius 3 is 2.61 bits per heavy atom. The van der Waals surface area contributed by atoms with E-state index in [1.54, 1.807) is 0 Å². The lowest BCUT2D eigenvalue weighted by Crippen LogP contribution is -2.46. The minimum atomic E-state index is -0.759. The highest BCUT2D eigenvalue weighted by Gasteiger charge is 2.33. The number of esters is 1. The molecule has 18 heavy (non-hydrogen) atoms. The number of carbonyl (C=O) groups excluding carboxylic acids is 1. The average Bonchev–Trinajstić information content (AvgIpc) is 2.35. The van der Waals surface area contributed by atoms with E-state index < -0.39 is 17.4 Å². The van der Waals surface area contributed by atoms with Crippen molar-refractivity contribution >= 4 is 11.9 Å². The third-order valence-electron chi connectivity index (χ3n) is 3.66. The van der Waals surface area contributed by atoms with E-state index in [9.17, 15) is 9.59 Å². The van der Waals surface area contributed by atoms with Crippen molar-refractivity contribution in [2.24, 2.45) is 5.41 Å². The summed E-state index contributed by atoms with van der Waals surface area (Å²) in [4.78, 5) is 24.7. The minimum absolute atomic E-state index is 0.244. The first kappa shape index (κ1) is 15.0. The Labute approximate surface area is 108 Å².